The van der Waals surface area contributed by atoms with E-state index in [1.54, 1.807) is 18.5 Å². The lowest BCUT2D eigenvalue weighted by Crippen LogP contribution is -2.54. The minimum Gasteiger partial charge on any atom is -0.474 e. The Balaban J connectivity index is 1.24. The number of morpholine rings is 1. The molecule has 0 unspecified atom stereocenters. The third-order valence-corrected chi connectivity index (χ3v) is 7.11. The molecule has 0 bridgehead atoms. The normalized spacial score (nSPS) is 22.4. The number of ether oxygens (including phenoxy) is 2. The minimum absolute atomic E-state index is 0.0251. The summed E-state index contributed by atoms with van der Waals surface area (Å²) in [5.41, 5.74) is 7.03. The Labute approximate surface area is 210 Å². The lowest BCUT2D eigenvalue weighted by molar-refractivity contribution is 0.0309. The van der Waals surface area contributed by atoms with Crippen LogP contribution in [0.4, 0.5) is 16.7 Å². The first kappa shape index (κ1) is 24.0. The molecule has 0 aromatic carbocycles. The Hall–Kier alpha value is -3.72. The van der Waals surface area contributed by atoms with Crippen LogP contribution in [0.15, 0.2) is 18.5 Å². The molecule has 4 heterocycles. The molecule has 5 rings (SSSR count). The molecule has 1 saturated carbocycles. The Bertz CT molecular complexity index is 1100. The number of carbonyl (C=O) groups is 1. The van der Waals surface area contributed by atoms with Crippen molar-refractivity contribution in [3.05, 3.63) is 18.5 Å². The number of hydrogen-bond acceptors (Lipinski definition) is 10. The van der Waals surface area contributed by atoms with Gasteiger partial charge in [-0.05, 0) is 12.8 Å². The van der Waals surface area contributed by atoms with Gasteiger partial charge in [-0.3, -0.25) is 0 Å². The molecule has 3 fully saturated rings. The molecule has 2 amide bonds. The van der Waals surface area contributed by atoms with E-state index in [9.17, 15) is 4.79 Å². The second-order valence-corrected chi connectivity index (χ2v) is 9.47. The van der Waals surface area contributed by atoms with Gasteiger partial charge in [0, 0.05) is 82.1 Å². The number of urea groups is 1. The summed E-state index contributed by atoms with van der Waals surface area (Å²) < 4.78 is 11.7. The molecule has 0 radical (unpaired) electrons. The van der Waals surface area contributed by atoms with Gasteiger partial charge in [0.1, 0.15) is 6.10 Å². The summed E-state index contributed by atoms with van der Waals surface area (Å²) in [6.45, 7) is 3.91. The average molecular weight is 494 g/mol. The Morgan fingerprint density at radius 3 is 2.53 bits per heavy atom. The lowest BCUT2D eigenvalue weighted by atomic mass is 9.88. The van der Waals surface area contributed by atoms with Crippen LogP contribution in [-0.2, 0) is 4.74 Å². The van der Waals surface area contributed by atoms with Crippen LogP contribution in [-0.4, -0.2) is 94.4 Å². The first-order valence-corrected chi connectivity index (χ1v) is 12.4. The molecule has 12 heteroatoms. The first-order valence-electron chi connectivity index (χ1n) is 12.4. The van der Waals surface area contributed by atoms with Crippen LogP contribution < -0.4 is 15.4 Å². The van der Waals surface area contributed by atoms with E-state index in [2.05, 4.69) is 25.9 Å². The molecule has 3 aliphatic rings. The number of rotatable bonds is 5. The highest BCUT2D eigenvalue weighted by Crippen LogP contribution is 2.32. The van der Waals surface area contributed by atoms with Crippen molar-refractivity contribution in [2.45, 2.75) is 37.8 Å². The molecule has 2 aromatic heterocycles. The SMILES string of the molecule is CN(C(=O)N1CCC(C#N)CC1)[C@H]1C[C@H](Oc2cc(-c3cnc(N)nc3)nc(N3CCOCC3)n2)C1. The topological polar surface area (TPSA) is 147 Å². The molecule has 1 aliphatic carbocycles. The number of piperidine rings is 1. The van der Waals surface area contributed by atoms with Gasteiger partial charge < -0.3 is 29.9 Å². The molecular weight excluding hydrogens is 462 g/mol. The van der Waals surface area contributed by atoms with Gasteiger partial charge in [-0.15, -0.1) is 0 Å². The quantitative estimate of drug-likeness (QED) is 0.650. The van der Waals surface area contributed by atoms with Gasteiger partial charge in [0.15, 0.2) is 0 Å². The van der Waals surface area contributed by atoms with E-state index in [4.69, 9.17) is 25.5 Å². The van der Waals surface area contributed by atoms with E-state index < -0.39 is 0 Å². The standard InChI is InChI=1S/C24H31N9O3/c1-31(24(34)33-4-2-16(13-25)3-5-33)18-10-19(11-18)36-21-12-20(17-14-27-22(26)28-15-17)29-23(30-21)32-6-8-35-9-7-32/h12,14-16,18-19H,2-11H2,1H3,(H2,26,27,28)/t18-,19-. The van der Waals surface area contributed by atoms with Gasteiger partial charge >= 0.3 is 6.03 Å². The van der Waals surface area contributed by atoms with Crippen molar-refractivity contribution in [2.24, 2.45) is 5.92 Å². The van der Waals surface area contributed by atoms with Crippen LogP contribution in [0.25, 0.3) is 11.3 Å². The molecule has 190 valence electrons. The zero-order chi connectivity index (χ0) is 25.1. The van der Waals surface area contributed by atoms with Gasteiger partial charge in [0.25, 0.3) is 0 Å². The van der Waals surface area contributed by atoms with E-state index >= 15 is 0 Å². The van der Waals surface area contributed by atoms with Crippen molar-refractivity contribution < 1.29 is 14.3 Å². The summed E-state index contributed by atoms with van der Waals surface area (Å²) in [5, 5.41) is 9.09. The molecule has 2 saturated heterocycles. The number of anilines is 2. The van der Waals surface area contributed by atoms with Gasteiger partial charge in [-0.1, -0.05) is 0 Å². The maximum atomic E-state index is 12.9. The first-order chi connectivity index (χ1) is 17.5. The minimum atomic E-state index is -0.0440. The number of amides is 2. The number of nitrogens with two attached hydrogens (primary N) is 1. The smallest absolute Gasteiger partial charge is 0.319 e. The molecule has 0 spiro atoms. The summed E-state index contributed by atoms with van der Waals surface area (Å²) in [7, 11) is 1.85. The average Bonchev–Trinajstić information content (AvgIpc) is 2.90. The van der Waals surface area contributed by atoms with Crippen LogP contribution in [0, 0.1) is 17.2 Å². The van der Waals surface area contributed by atoms with Crippen LogP contribution in [0.5, 0.6) is 5.88 Å². The van der Waals surface area contributed by atoms with Crippen molar-refractivity contribution in [1.29, 1.82) is 5.26 Å². The molecule has 0 atom stereocenters. The van der Waals surface area contributed by atoms with E-state index in [-0.39, 0.29) is 30.0 Å². The van der Waals surface area contributed by atoms with Crippen molar-refractivity contribution in [1.82, 2.24) is 29.7 Å². The largest absolute Gasteiger partial charge is 0.474 e. The molecule has 2 aliphatic heterocycles. The third kappa shape index (κ3) is 5.26. The van der Waals surface area contributed by atoms with Crippen molar-refractivity contribution >= 4 is 17.9 Å². The fraction of sp³-hybridized carbons (Fsp3) is 0.583. The number of nitriles is 1. The molecular formula is C24H31N9O3. The molecule has 12 nitrogen and oxygen atoms in total. The van der Waals surface area contributed by atoms with Gasteiger partial charge in [0.05, 0.1) is 25.0 Å². The molecule has 36 heavy (non-hydrogen) atoms. The summed E-state index contributed by atoms with van der Waals surface area (Å²) in [4.78, 5) is 36.2. The van der Waals surface area contributed by atoms with Gasteiger partial charge in [-0.25, -0.2) is 19.7 Å². The highest BCUT2D eigenvalue weighted by Gasteiger charge is 2.38. The summed E-state index contributed by atoms with van der Waals surface area (Å²) in [5.74, 6) is 1.31. The summed E-state index contributed by atoms with van der Waals surface area (Å²) in [6, 6.07) is 4.24. The fourth-order valence-electron chi connectivity index (χ4n) is 4.70. The number of aromatic nitrogens is 4. The zero-order valence-electron chi connectivity index (χ0n) is 20.4. The lowest BCUT2D eigenvalue weighted by Gasteiger charge is -2.43. The predicted molar refractivity (Wildman–Crippen MR) is 131 cm³/mol. The number of nitrogen functional groups attached to an aromatic ring is 1. The monoisotopic (exact) mass is 493 g/mol. The van der Waals surface area contributed by atoms with Gasteiger partial charge in [-0.2, -0.15) is 10.2 Å². The number of nitrogens with zero attached hydrogens (tertiary/aromatic N) is 8. The second kappa shape index (κ2) is 10.5. The Morgan fingerprint density at radius 1 is 1.17 bits per heavy atom. The number of hydrogen-bond donors (Lipinski definition) is 1. The second-order valence-electron chi connectivity index (χ2n) is 9.47. The Morgan fingerprint density at radius 2 is 1.86 bits per heavy atom. The number of carbonyl (C=O) groups excluding carboxylic acids is 1. The highest BCUT2D eigenvalue weighted by atomic mass is 16.5. The Kier molecular flexibility index (Phi) is 6.99. The van der Waals surface area contributed by atoms with Crippen LogP contribution in [0.3, 0.4) is 0 Å². The van der Waals surface area contributed by atoms with E-state index in [1.165, 1.54) is 0 Å². The van der Waals surface area contributed by atoms with Gasteiger partial charge in [0.2, 0.25) is 17.8 Å². The molecule has 2 aromatic rings. The predicted octanol–water partition coefficient (Wildman–Crippen LogP) is 1.55. The van der Waals surface area contributed by atoms with Crippen LogP contribution in [0.1, 0.15) is 25.7 Å². The van der Waals surface area contributed by atoms with E-state index in [1.807, 2.05) is 16.8 Å². The van der Waals surface area contributed by atoms with Crippen LogP contribution >= 0.6 is 0 Å². The fourth-order valence-corrected chi connectivity index (χ4v) is 4.70. The maximum Gasteiger partial charge on any atom is 0.319 e. The highest BCUT2D eigenvalue weighted by molar-refractivity contribution is 5.74. The third-order valence-electron chi connectivity index (χ3n) is 7.11. The molecule has 2 N–H and O–H groups in total. The van der Waals surface area contributed by atoms with Crippen molar-refractivity contribution in [3.63, 3.8) is 0 Å². The maximum absolute atomic E-state index is 12.9. The number of likely N-dealkylation sites (tertiary alicyclic amines) is 1. The summed E-state index contributed by atoms with van der Waals surface area (Å²) >= 11 is 0. The van der Waals surface area contributed by atoms with Crippen molar-refractivity contribution in [3.8, 4) is 23.2 Å². The zero-order valence-corrected chi connectivity index (χ0v) is 20.4. The van der Waals surface area contributed by atoms with E-state index in [0.717, 1.165) is 31.2 Å². The van der Waals surface area contributed by atoms with Crippen LogP contribution in [0.2, 0.25) is 0 Å². The summed E-state index contributed by atoms with van der Waals surface area (Å²) in [6.07, 6.45) is 6.17. The van der Waals surface area contributed by atoms with Crippen molar-refractivity contribution in [2.75, 3.05) is 57.1 Å². The van der Waals surface area contributed by atoms with E-state index in [0.29, 0.717) is 56.9 Å².